The smallest absolute Gasteiger partial charge is 0.339 e. The molecule has 1 fully saturated rings. The van der Waals surface area contributed by atoms with E-state index in [1.807, 2.05) is 0 Å². The summed E-state index contributed by atoms with van der Waals surface area (Å²) in [5.41, 5.74) is 1.13. The van der Waals surface area contributed by atoms with Gasteiger partial charge in [-0.3, -0.25) is 4.57 Å². The molecule has 1 aliphatic rings. The molecule has 2 aromatic heterocycles. The van der Waals surface area contributed by atoms with Gasteiger partial charge in [0, 0.05) is 12.2 Å². The van der Waals surface area contributed by atoms with Crippen molar-refractivity contribution in [3.8, 4) is 0 Å². The first-order valence-electron chi connectivity index (χ1n) is 6.97. The van der Waals surface area contributed by atoms with E-state index in [-0.39, 0.29) is 17.8 Å². The van der Waals surface area contributed by atoms with Gasteiger partial charge in [-0.25, -0.2) is 14.6 Å². The van der Waals surface area contributed by atoms with Crippen LogP contribution in [0.15, 0.2) is 17.1 Å². The molecule has 0 bridgehead atoms. The van der Waals surface area contributed by atoms with Crippen LogP contribution in [0.25, 0.3) is 11.2 Å². The van der Waals surface area contributed by atoms with E-state index >= 15 is 0 Å². The number of aliphatic hydroxyl groups excluding tert-OH is 1. The highest BCUT2D eigenvalue weighted by molar-refractivity contribution is 5.92. The number of carbonyl (C=O) groups excluding carboxylic acids is 1. The number of rotatable bonds is 2. The van der Waals surface area contributed by atoms with E-state index in [1.165, 1.54) is 13.3 Å². The number of hydrogen-bond donors (Lipinski definition) is 2. The Morgan fingerprint density at radius 1 is 1.43 bits per heavy atom. The molecular weight excluding hydrogens is 274 g/mol. The predicted octanol–water partition coefficient (Wildman–Crippen LogP) is 0.987. The monoisotopic (exact) mass is 291 g/mol. The molecule has 1 saturated carbocycles. The fourth-order valence-corrected chi connectivity index (χ4v) is 2.90. The summed E-state index contributed by atoms with van der Waals surface area (Å²) >= 11 is 0. The number of aromatic nitrogens is 3. The van der Waals surface area contributed by atoms with Gasteiger partial charge in [0.2, 0.25) is 0 Å². The largest absolute Gasteiger partial charge is 0.465 e. The Kier molecular flexibility index (Phi) is 3.50. The number of imidazole rings is 1. The van der Waals surface area contributed by atoms with Gasteiger partial charge < -0.3 is 14.8 Å². The molecule has 112 valence electrons. The van der Waals surface area contributed by atoms with Crippen LogP contribution < -0.4 is 5.69 Å². The molecule has 2 N–H and O–H groups in total. The second-order valence-electron chi connectivity index (χ2n) is 5.35. The van der Waals surface area contributed by atoms with Gasteiger partial charge in [-0.1, -0.05) is 0 Å². The van der Waals surface area contributed by atoms with Crippen LogP contribution in [0, 0.1) is 0 Å². The molecular formula is C14H17N3O4. The molecule has 0 unspecified atom stereocenters. The minimum Gasteiger partial charge on any atom is -0.465 e. The van der Waals surface area contributed by atoms with Crippen molar-refractivity contribution in [2.45, 2.75) is 37.8 Å². The summed E-state index contributed by atoms with van der Waals surface area (Å²) in [5, 5.41) is 9.57. The summed E-state index contributed by atoms with van der Waals surface area (Å²) in [5.74, 6) is -0.487. The molecule has 2 heterocycles. The summed E-state index contributed by atoms with van der Waals surface area (Å²) in [7, 11) is 1.30. The molecule has 0 atom stereocenters. The quantitative estimate of drug-likeness (QED) is 0.804. The Bertz CT molecular complexity index is 725. The number of aromatic amines is 1. The lowest BCUT2D eigenvalue weighted by Gasteiger charge is -2.25. The number of hydrogen-bond acceptors (Lipinski definition) is 5. The van der Waals surface area contributed by atoms with E-state index in [4.69, 9.17) is 0 Å². The zero-order chi connectivity index (χ0) is 15.0. The molecule has 2 aromatic rings. The van der Waals surface area contributed by atoms with Gasteiger partial charge in [0.05, 0.1) is 24.3 Å². The van der Waals surface area contributed by atoms with Gasteiger partial charge in [-0.05, 0) is 31.7 Å². The lowest BCUT2D eigenvalue weighted by Crippen LogP contribution is -2.27. The highest BCUT2D eigenvalue weighted by atomic mass is 16.5. The summed E-state index contributed by atoms with van der Waals surface area (Å²) in [6, 6.07) is 1.61. The summed E-state index contributed by atoms with van der Waals surface area (Å²) in [6.07, 6.45) is 3.99. The molecule has 0 aromatic carbocycles. The fourth-order valence-electron chi connectivity index (χ4n) is 2.90. The third kappa shape index (κ3) is 2.44. The number of pyridine rings is 1. The van der Waals surface area contributed by atoms with Gasteiger partial charge in [0.1, 0.15) is 0 Å². The first kappa shape index (κ1) is 13.8. The number of nitrogens with zero attached hydrogens (tertiary/aromatic N) is 2. The van der Waals surface area contributed by atoms with Crippen LogP contribution in [0.4, 0.5) is 0 Å². The third-order valence-electron chi connectivity index (χ3n) is 4.01. The molecule has 0 aliphatic heterocycles. The molecule has 0 radical (unpaired) electrons. The minimum absolute atomic E-state index is 0.0335. The van der Waals surface area contributed by atoms with Crippen molar-refractivity contribution in [1.82, 2.24) is 14.5 Å². The molecule has 0 saturated heterocycles. The van der Waals surface area contributed by atoms with Crippen LogP contribution in [0.1, 0.15) is 42.1 Å². The summed E-state index contributed by atoms with van der Waals surface area (Å²) in [4.78, 5) is 30.6. The van der Waals surface area contributed by atoms with Crippen LogP contribution in [0.3, 0.4) is 0 Å². The number of methoxy groups -OCH3 is 1. The SMILES string of the molecule is COC(=O)c1cnc2c(c1)[nH]c(=O)n2C1CCC(O)CC1. The van der Waals surface area contributed by atoms with Crippen molar-refractivity contribution in [3.05, 3.63) is 28.3 Å². The average Bonchev–Trinajstić information content (AvgIpc) is 2.82. The number of aliphatic hydroxyl groups is 1. The molecule has 21 heavy (non-hydrogen) atoms. The van der Waals surface area contributed by atoms with Crippen LogP contribution in [0.2, 0.25) is 0 Å². The Morgan fingerprint density at radius 3 is 2.81 bits per heavy atom. The van der Waals surface area contributed by atoms with E-state index in [0.717, 1.165) is 12.8 Å². The molecule has 3 rings (SSSR count). The Hall–Kier alpha value is -2.15. The molecule has 1 aliphatic carbocycles. The number of esters is 1. The van der Waals surface area contributed by atoms with Crippen molar-refractivity contribution < 1.29 is 14.6 Å². The van der Waals surface area contributed by atoms with E-state index in [1.54, 1.807) is 10.6 Å². The van der Waals surface area contributed by atoms with Crippen LogP contribution in [-0.2, 0) is 4.74 Å². The van der Waals surface area contributed by atoms with Gasteiger partial charge in [-0.15, -0.1) is 0 Å². The second kappa shape index (κ2) is 5.33. The van der Waals surface area contributed by atoms with E-state index in [9.17, 15) is 14.7 Å². The predicted molar refractivity (Wildman–Crippen MR) is 75.2 cm³/mol. The van der Waals surface area contributed by atoms with Crippen molar-refractivity contribution in [2.75, 3.05) is 7.11 Å². The van der Waals surface area contributed by atoms with Crippen molar-refractivity contribution >= 4 is 17.1 Å². The zero-order valence-electron chi connectivity index (χ0n) is 11.7. The Balaban J connectivity index is 2.02. The number of ether oxygens (including phenoxy) is 1. The van der Waals surface area contributed by atoms with E-state index in [2.05, 4.69) is 14.7 Å². The average molecular weight is 291 g/mol. The van der Waals surface area contributed by atoms with Crippen molar-refractivity contribution in [2.24, 2.45) is 0 Å². The van der Waals surface area contributed by atoms with Gasteiger partial charge in [0.15, 0.2) is 5.65 Å². The van der Waals surface area contributed by atoms with Crippen molar-refractivity contribution in [3.63, 3.8) is 0 Å². The first-order chi connectivity index (χ1) is 10.1. The lowest BCUT2D eigenvalue weighted by atomic mass is 9.93. The van der Waals surface area contributed by atoms with Gasteiger partial charge in [-0.2, -0.15) is 0 Å². The maximum Gasteiger partial charge on any atom is 0.339 e. The second-order valence-corrected chi connectivity index (χ2v) is 5.35. The molecule has 7 heteroatoms. The lowest BCUT2D eigenvalue weighted by molar-refractivity contribution is 0.0600. The van der Waals surface area contributed by atoms with Gasteiger partial charge in [0.25, 0.3) is 0 Å². The fraction of sp³-hybridized carbons (Fsp3) is 0.500. The Labute approximate surface area is 120 Å². The van der Waals surface area contributed by atoms with Crippen LogP contribution in [0.5, 0.6) is 0 Å². The van der Waals surface area contributed by atoms with Crippen molar-refractivity contribution in [1.29, 1.82) is 0 Å². The molecule has 7 nitrogen and oxygen atoms in total. The van der Waals surface area contributed by atoms with Gasteiger partial charge >= 0.3 is 11.7 Å². The topological polar surface area (TPSA) is 97.2 Å². The summed E-state index contributed by atoms with van der Waals surface area (Å²) < 4.78 is 6.27. The maximum absolute atomic E-state index is 12.2. The van der Waals surface area contributed by atoms with E-state index < -0.39 is 5.97 Å². The highest BCUT2D eigenvalue weighted by Crippen LogP contribution is 2.29. The number of carbonyl (C=O) groups is 1. The van der Waals surface area contributed by atoms with E-state index in [0.29, 0.717) is 29.6 Å². The number of nitrogens with one attached hydrogen (secondary N) is 1. The molecule has 0 spiro atoms. The molecule has 0 amide bonds. The first-order valence-corrected chi connectivity index (χ1v) is 6.97. The number of fused-ring (bicyclic) bond motifs is 1. The maximum atomic E-state index is 12.2. The standard InChI is InChI=1S/C14H17N3O4/c1-21-13(19)8-6-11-12(15-7-8)17(14(20)16-11)9-2-4-10(18)5-3-9/h6-7,9-10,18H,2-5H2,1H3,(H,16,20). The Morgan fingerprint density at radius 2 is 2.14 bits per heavy atom. The van der Waals surface area contributed by atoms with Crippen LogP contribution >= 0.6 is 0 Å². The zero-order valence-corrected chi connectivity index (χ0v) is 11.7. The van der Waals surface area contributed by atoms with Crippen LogP contribution in [-0.4, -0.2) is 38.8 Å². The minimum atomic E-state index is -0.487. The summed E-state index contributed by atoms with van der Waals surface area (Å²) in [6.45, 7) is 0. The number of H-pyrrole nitrogens is 1. The normalized spacial score (nSPS) is 22.4. The third-order valence-corrected chi connectivity index (χ3v) is 4.01. The highest BCUT2D eigenvalue weighted by Gasteiger charge is 2.24.